The largest absolute Gasteiger partial charge is 0.354 e. The highest BCUT2D eigenvalue weighted by Crippen LogP contribution is 2.11. The van der Waals surface area contributed by atoms with Gasteiger partial charge in [0.05, 0.1) is 6.54 Å². The molecule has 0 aliphatic carbocycles. The van der Waals surface area contributed by atoms with Crippen LogP contribution in [0, 0.1) is 0 Å². The molecule has 0 atom stereocenters. The maximum atomic E-state index is 11.9. The Morgan fingerprint density at radius 1 is 1.25 bits per heavy atom. The molecule has 3 amide bonds. The normalized spacial score (nSPS) is 15.0. The summed E-state index contributed by atoms with van der Waals surface area (Å²) in [4.78, 5) is 25.2. The maximum Gasteiger partial charge on any atom is 0.319 e. The van der Waals surface area contributed by atoms with E-state index in [4.69, 9.17) is 0 Å². The SMILES string of the molecule is CCCCc1ccc(NC(=O)NCCCN2CCNC(=O)C2)cc1. The van der Waals surface area contributed by atoms with Crippen LogP contribution in [0.4, 0.5) is 10.5 Å². The van der Waals surface area contributed by atoms with Gasteiger partial charge in [0.1, 0.15) is 0 Å². The number of rotatable bonds is 8. The average Bonchev–Trinajstić information content (AvgIpc) is 2.58. The van der Waals surface area contributed by atoms with Crippen molar-refractivity contribution >= 4 is 17.6 Å². The van der Waals surface area contributed by atoms with Gasteiger partial charge in [-0.1, -0.05) is 25.5 Å². The molecular weight excluding hydrogens is 304 g/mol. The molecule has 0 unspecified atom stereocenters. The van der Waals surface area contributed by atoms with Crippen molar-refractivity contribution in [1.29, 1.82) is 0 Å². The van der Waals surface area contributed by atoms with E-state index in [2.05, 4.69) is 39.9 Å². The number of carbonyl (C=O) groups excluding carboxylic acids is 2. The van der Waals surface area contributed by atoms with Crippen molar-refractivity contribution in [3.05, 3.63) is 29.8 Å². The van der Waals surface area contributed by atoms with Gasteiger partial charge in [-0.3, -0.25) is 9.69 Å². The third-order valence-corrected chi connectivity index (χ3v) is 4.08. The van der Waals surface area contributed by atoms with Crippen LogP contribution in [-0.4, -0.2) is 49.6 Å². The first-order valence-corrected chi connectivity index (χ1v) is 8.80. The zero-order valence-electron chi connectivity index (χ0n) is 14.4. The van der Waals surface area contributed by atoms with E-state index >= 15 is 0 Å². The molecule has 2 rings (SSSR count). The molecular formula is C18H28N4O2. The van der Waals surface area contributed by atoms with Gasteiger partial charge in [-0.05, 0) is 37.0 Å². The predicted molar refractivity (Wildman–Crippen MR) is 96.1 cm³/mol. The third kappa shape index (κ3) is 6.58. The summed E-state index contributed by atoms with van der Waals surface area (Å²) in [6.07, 6.45) is 4.28. The predicted octanol–water partition coefficient (Wildman–Crippen LogP) is 1.97. The fourth-order valence-electron chi connectivity index (χ4n) is 2.70. The van der Waals surface area contributed by atoms with Gasteiger partial charge in [0, 0.05) is 31.9 Å². The van der Waals surface area contributed by atoms with Crippen LogP contribution < -0.4 is 16.0 Å². The highest BCUT2D eigenvalue weighted by molar-refractivity contribution is 5.89. The highest BCUT2D eigenvalue weighted by Gasteiger charge is 2.15. The molecule has 1 aliphatic rings. The van der Waals surface area contributed by atoms with Crippen LogP contribution in [0.25, 0.3) is 0 Å². The van der Waals surface area contributed by atoms with E-state index in [-0.39, 0.29) is 11.9 Å². The Kier molecular flexibility index (Phi) is 7.55. The lowest BCUT2D eigenvalue weighted by Crippen LogP contribution is -2.48. The lowest BCUT2D eigenvalue weighted by atomic mass is 10.1. The highest BCUT2D eigenvalue weighted by atomic mass is 16.2. The Labute approximate surface area is 144 Å². The number of nitrogens with zero attached hydrogens (tertiary/aromatic N) is 1. The first kappa shape index (κ1) is 18.3. The first-order valence-electron chi connectivity index (χ1n) is 8.80. The third-order valence-electron chi connectivity index (χ3n) is 4.08. The quantitative estimate of drug-likeness (QED) is 0.637. The Morgan fingerprint density at radius 2 is 2.04 bits per heavy atom. The summed E-state index contributed by atoms with van der Waals surface area (Å²) in [6.45, 7) is 5.64. The number of nitrogens with one attached hydrogen (secondary N) is 3. The smallest absolute Gasteiger partial charge is 0.319 e. The van der Waals surface area contributed by atoms with Crippen molar-refractivity contribution in [3.8, 4) is 0 Å². The second-order valence-electron chi connectivity index (χ2n) is 6.16. The van der Waals surface area contributed by atoms with Crippen LogP contribution >= 0.6 is 0 Å². The Morgan fingerprint density at radius 3 is 2.75 bits per heavy atom. The molecule has 24 heavy (non-hydrogen) atoms. The van der Waals surface area contributed by atoms with Crippen molar-refractivity contribution in [1.82, 2.24) is 15.5 Å². The second-order valence-corrected chi connectivity index (χ2v) is 6.16. The topological polar surface area (TPSA) is 73.5 Å². The van der Waals surface area contributed by atoms with E-state index < -0.39 is 0 Å². The van der Waals surface area contributed by atoms with Crippen LogP contribution in [0.1, 0.15) is 31.7 Å². The van der Waals surface area contributed by atoms with E-state index in [1.165, 1.54) is 18.4 Å². The number of amides is 3. The van der Waals surface area contributed by atoms with Crippen LogP contribution in [0.3, 0.4) is 0 Å². The molecule has 0 spiro atoms. The zero-order valence-corrected chi connectivity index (χ0v) is 14.4. The fraction of sp³-hybridized carbons (Fsp3) is 0.556. The minimum atomic E-state index is -0.187. The van der Waals surface area contributed by atoms with Gasteiger partial charge in [0.2, 0.25) is 5.91 Å². The molecule has 1 aliphatic heterocycles. The van der Waals surface area contributed by atoms with Crippen molar-refractivity contribution in [3.63, 3.8) is 0 Å². The van der Waals surface area contributed by atoms with E-state index in [9.17, 15) is 9.59 Å². The summed E-state index contributed by atoms with van der Waals surface area (Å²) < 4.78 is 0. The van der Waals surface area contributed by atoms with E-state index in [1.54, 1.807) is 0 Å². The van der Waals surface area contributed by atoms with Gasteiger partial charge >= 0.3 is 6.03 Å². The number of hydrogen-bond donors (Lipinski definition) is 3. The van der Waals surface area contributed by atoms with Crippen molar-refractivity contribution in [2.75, 3.05) is 38.0 Å². The van der Waals surface area contributed by atoms with E-state index in [0.717, 1.165) is 31.6 Å². The van der Waals surface area contributed by atoms with Gasteiger partial charge in [-0.15, -0.1) is 0 Å². The molecule has 1 saturated heterocycles. The zero-order chi connectivity index (χ0) is 17.2. The molecule has 0 saturated carbocycles. The molecule has 0 radical (unpaired) electrons. The van der Waals surface area contributed by atoms with E-state index in [0.29, 0.717) is 19.6 Å². The summed E-state index contributed by atoms with van der Waals surface area (Å²) in [5.41, 5.74) is 2.11. The molecule has 0 bridgehead atoms. The molecule has 3 N–H and O–H groups in total. The summed E-state index contributed by atoms with van der Waals surface area (Å²) in [7, 11) is 0. The molecule has 1 aromatic rings. The van der Waals surface area contributed by atoms with Gasteiger partial charge in [-0.25, -0.2) is 4.79 Å². The van der Waals surface area contributed by atoms with Crippen LogP contribution in [0.15, 0.2) is 24.3 Å². The Balaban J connectivity index is 1.61. The van der Waals surface area contributed by atoms with Crippen LogP contribution in [0.5, 0.6) is 0 Å². The number of anilines is 1. The minimum Gasteiger partial charge on any atom is -0.354 e. The number of urea groups is 1. The van der Waals surface area contributed by atoms with Crippen molar-refractivity contribution in [2.45, 2.75) is 32.6 Å². The molecule has 6 nitrogen and oxygen atoms in total. The monoisotopic (exact) mass is 332 g/mol. The first-order chi connectivity index (χ1) is 11.7. The molecule has 6 heteroatoms. The number of unbranched alkanes of at least 4 members (excludes halogenated alkanes) is 1. The molecule has 0 aromatic heterocycles. The van der Waals surface area contributed by atoms with E-state index in [1.807, 2.05) is 12.1 Å². The molecule has 132 valence electrons. The standard InChI is InChI=1S/C18H28N4O2/c1-2-3-5-15-6-8-16(9-7-15)21-18(24)20-10-4-12-22-13-11-19-17(23)14-22/h6-9H,2-5,10-14H2,1H3,(H,19,23)(H2,20,21,24). The lowest BCUT2D eigenvalue weighted by Gasteiger charge is -2.26. The second kappa shape index (κ2) is 9.93. The van der Waals surface area contributed by atoms with Crippen molar-refractivity contribution in [2.24, 2.45) is 0 Å². The molecule has 1 fully saturated rings. The van der Waals surface area contributed by atoms with Gasteiger partial charge in [0.15, 0.2) is 0 Å². The van der Waals surface area contributed by atoms with Crippen LogP contribution in [-0.2, 0) is 11.2 Å². The minimum absolute atomic E-state index is 0.0781. The Bertz CT molecular complexity index is 530. The van der Waals surface area contributed by atoms with Crippen molar-refractivity contribution < 1.29 is 9.59 Å². The lowest BCUT2D eigenvalue weighted by molar-refractivity contribution is -0.124. The van der Waals surface area contributed by atoms with Gasteiger partial charge < -0.3 is 16.0 Å². The maximum absolute atomic E-state index is 11.9. The number of hydrogen-bond acceptors (Lipinski definition) is 3. The number of benzene rings is 1. The van der Waals surface area contributed by atoms with Gasteiger partial charge in [0.25, 0.3) is 0 Å². The summed E-state index contributed by atoms with van der Waals surface area (Å²) in [5.74, 6) is 0.0781. The number of piperazine rings is 1. The van der Waals surface area contributed by atoms with Gasteiger partial charge in [-0.2, -0.15) is 0 Å². The number of aryl methyl sites for hydroxylation is 1. The summed E-state index contributed by atoms with van der Waals surface area (Å²) >= 11 is 0. The molecule has 1 aromatic carbocycles. The summed E-state index contributed by atoms with van der Waals surface area (Å²) in [5, 5.41) is 8.50. The Hall–Kier alpha value is -2.08. The summed E-state index contributed by atoms with van der Waals surface area (Å²) in [6, 6.07) is 7.82. The molecule has 1 heterocycles. The average molecular weight is 332 g/mol. The van der Waals surface area contributed by atoms with Crippen LogP contribution in [0.2, 0.25) is 0 Å². The fourth-order valence-corrected chi connectivity index (χ4v) is 2.70. The number of carbonyl (C=O) groups is 2.